The minimum atomic E-state index is -1.10. The smallest absolute Gasteiger partial charge is 0.336 e. The molecule has 0 saturated heterocycles. The number of hydrogen-bond acceptors (Lipinski definition) is 2. The first-order valence-corrected chi connectivity index (χ1v) is 5.91. The van der Waals surface area contributed by atoms with Crippen molar-refractivity contribution in [3.05, 3.63) is 40.8 Å². The van der Waals surface area contributed by atoms with Crippen molar-refractivity contribution in [2.75, 3.05) is 0 Å². The molecule has 0 unspecified atom stereocenters. The van der Waals surface area contributed by atoms with Gasteiger partial charge in [-0.15, -0.1) is 0 Å². The summed E-state index contributed by atoms with van der Waals surface area (Å²) >= 11 is 0. The fourth-order valence-corrected chi connectivity index (χ4v) is 2.21. The highest BCUT2D eigenvalue weighted by Crippen LogP contribution is 2.40. The van der Waals surface area contributed by atoms with Crippen molar-refractivity contribution in [1.82, 2.24) is 4.98 Å². The van der Waals surface area contributed by atoms with Gasteiger partial charge in [-0.3, -0.25) is 4.98 Å². The van der Waals surface area contributed by atoms with E-state index in [9.17, 15) is 14.3 Å². The molecule has 1 saturated carbocycles. The highest BCUT2D eigenvalue weighted by Gasteiger charge is 2.27. The Kier molecular flexibility index (Phi) is 2.33. The normalized spacial score (nSPS) is 15.0. The average molecular weight is 245 g/mol. The molecule has 3 nitrogen and oxygen atoms in total. The summed E-state index contributed by atoms with van der Waals surface area (Å²) in [6.07, 6.45) is 2.07. The number of nitrogens with zero attached hydrogens (tertiary/aromatic N) is 1. The molecule has 2 aromatic rings. The van der Waals surface area contributed by atoms with E-state index in [-0.39, 0.29) is 10.9 Å². The van der Waals surface area contributed by atoms with Gasteiger partial charge in [-0.1, -0.05) is 6.07 Å². The molecular formula is C14H12FNO2. The van der Waals surface area contributed by atoms with Crippen LogP contribution in [0.3, 0.4) is 0 Å². The first-order valence-electron chi connectivity index (χ1n) is 5.91. The standard InChI is InChI=1S/C14H12FNO2/c1-7-2-5-10(15)12-9(14(17)18)6-11(8-3-4-8)16-13(7)12/h2,5-6,8H,3-4H2,1H3,(H,17,18). The molecule has 18 heavy (non-hydrogen) atoms. The molecular weight excluding hydrogens is 233 g/mol. The van der Waals surface area contributed by atoms with E-state index in [0.29, 0.717) is 11.4 Å². The summed E-state index contributed by atoms with van der Waals surface area (Å²) in [6, 6.07) is 4.44. The Bertz CT molecular complexity index is 662. The number of carboxylic acids is 1. The lowest BCUT2D eigenvalue weighted by molar-refractivity contribution is 0.0698. The molecule has 0 spiro atoms. The minimum absolute atomic E-state index is 0.0168. The van der Waals surface area contributed by atoms with Gasteiger partial charge in [-0.2, -0.15) is 0 Å². The quantitative estimate of drug-likeness (QED) is 0.883. The molecule has 1 aromatic heterocycles. The van der Waals surface area contributed by atoms with Gasteiger partial charge in [0.25, 0.3) is 0 Å². The third kappa shape index (κ3) is 1.65. The van der Waals surface area contributed by atoms with Gasteiger partial charge < -0.3 is 5.11 Å². The fourth-order valence-electron chi connectivity index (χ4n) is 2.21. The van der Waals surface area contributed by atoms with Gasteiger partial charge >= 0.3 is 5.97 Å². The Morgan fingerprint density at radius 2 is 2.17 bits per heavy atom. The van der Waals surface area contributed by atoms with Crippen molar-refractivity contribution in [2.45, 2.75) is 25.7 Å². The number of aromatic carboxylic acids is 1. The Hall–Kier alpha value is -1.97. The summed E-state index contributed by atoms with van der Waals surface area (Å²) in [6.45, 7) is 1.82. The number of pyridine rings is 1. The van der Waals surface area contributed by atoms with E-state index in [4.69, 9.17) is 0 Å². The van der Waals surface area contributed by atoms with E-state index in [0.717, 1.165) is 24.1 Å². The van der Waals surface area contributed by atoms with Gasteiger partial charge in [0.2, 0.25) is 0 Å². The third-order valence-corrected chi connectivity index (χ3v) is 3.36. The van der Waals surface area contributed by atoms with Gasteiger partial charge in [0, 0.05) is 11.6 Å². The van der Waals surface area contributed by atoms with Crippen molar-refractivity contribution in [2.24, 2.45) is 0 Å². The first-order chi connectivity index (χ1) is 8.58. The van der Waals surface area contributed by atoms with Crippen molar-refractivity contribution < 1.29 is 14.3 Å². The Morgan fingerprint density at radius 3 is 2.78 bits per heavy atom. The van der Waals surface area contributed by atoms with Crippen LogP contribution in [-0.2, 0) is 0 Å². The Balaban J connectivity index is 2.40. The van der Waals surface area contributed by atoms with E-state index in [1.165, 1.54) is 12.1 Å². The molecule has 0 atom stereocenters. The fraction of sp³-hybridized carbons (Fsp3) is 0.286. The van der Waals surface area contributed by atoms with Crippen LogP contribution in [0.25, 0.3) is 10.9 Å². The van der Waals surface area contributed by atoms with Crippen LogP contribution in [0.2, 0.25) is 0 Å². The van der Waals surface area contributed by atoms with Crippen LogP contribution in [0, 0.1) is 12.7 Å². The number of aryl methyl sites for hydroxylation is 1. The van der Waals surface area contributed by atoms with E-state index < -0.39 is 11.8 Å². The zero-order chi connectivity index (χ0) is 12.9. The van der Waals surface area contributed by atoms with Crippen LogP contribution >= 0.6 is 0 Å². The van der Waals surface area contributed by atoms with Crippen molar-refractivity contribution in [3.8, 4) is 0 Å². The second kappa shape index (κ2) is 3.77. The van der Waals surface area contributed by atoms with Crippen LogP contribution < -0.4 is 0 Å². The van der Waals surface area contributed by atoms with E-state index in [1.54, 1.807) is 6.07 Å². The van der Waals surface area contributed by atoms with E-state index in [1.807, 2.05) is 6.92 Å². The number of fused-ring (bicyclic) bond motifs is 1. The Labute approximate surface area is 103 Å². The lowest BCUT2D eigenvalue weighted by Gasteiger charge is -2.09. The topological polar surface area (TPSA) is 50.2 Å². The summed E-state index contributed by atoms with van der Waals surface area (Å²) in [7, 11) is 0. The number of carboxylic acid groups (broad SMARTS) is 1. The summed E-state index contributed by atoms with van der Waals surface area (Å²) < 4.78 is 13.8. The number of carbonyl (C=O) groups is 1. The number of aromatic nitrogens is 1. The van der Waals surface area contributed by atoms with Gasteiger partial charge in [0.15, 0.2) is 0 Å². The molecule has 0 amide bonds. The number of hydrogen-bond donors (Lipinski definition) is 1. The molecule has 1 aliphatic rings. The van der Waals surface area contributed by atoms with Crippen molar-refractivity contribution >= 4 is 16.9 Å². The molecule has 0 bridgehead atoms. The van der Waals surface area contributed by atoms with Crippen LogP contribution in [-0.4, -0.2) is 16.1 Å². The van der Waals surface area contributed by atoms with Crippen LogP contribution in [0.4, 0.5) is 4.39 Å². The molecule has 1 aliphatic carbocycles. The lowest BCUT2D eigenvalue weighted by Crippen LogP contribution is -2.04. The van der Waals surface area contributed by atoms with Crippen molar-refractivity contribution in [3.63, 3.8) is 0 Å². The molecule has 1 aromatic carbocycles. The van der Waals surface area contributed by atoms with E-state index >= 15 is 0 Å². The predicted molar refractivity (Wildman–Crippen MR) is 65.4 cm³/mol. The molecule has 92 valence electrons. The molecule has 4 heteroatoms. The maximum atomic E-state index is 13.8. The predicted octanol–water partition coefficient (Wildman–Crippen LogP) is 3.26. The van der Waals surface area contributed by atoms with Crippen LogP contribution in [0.1, 0.15) is 40.4 Å². The van der Waals surface area contributed by atoms with Crippen LogP contribution in [0.15, 0.2) is 18.2 Å². The zero-order valence-electron chi connectivity index (χ0n) is 9.90. The lowest BCUT2D eigenvalue weighted by atomic mass is 10.0. The average Bonchev–Trinajstić information content (AvgIpc) is 3.16. The molecule has 0 radical (unpaired) electrons. The monoisotopic (exact) mass is 245 g/mol. The SMILES string of the molecule is Cc1ccc(F)c2c(C(=O)O)cc(C3CC3)nc12. The second-order valence-corrected chi connectivity index (χ2v) is 4.76. The molecule has 3 rings (SSSR count). The summed E-state index contributed by atoms with van der Waals surface area (Å²) in [5.41, 5.74) is 2.06. The summed E-state index contributed by atoms with van der Waals surface area (Å²) in [4.78, 5) is 15.7. The minimum Gasteiger partial charge on any atom is -0.478 e. The molecule has 1 N–H and O–H groups in total. The maximum Gasteiger partial charge on any atom is 0.336 e. The van der Waals surface area contributed by atoms with Crippen molar-refractivity contribution in [1.29, 1.82) is 0 Å². The maximum absolute atomic E-state index is 13.8. The van der Waals surface area contributed by atoms with Gasteiger partial charge in [-0.05, 0) is 37.5 Å². The second-order valence-electron chi connectivity index (χ2n) is 4.76. The number of rotatable bonds is 2. The number of halogens is 1. The third-order valence-electron chi connectivity index (χ3n) is 3.36. The molecule has 1 heterocycles. The first kappa shape index (κ1) is 11.1. The summed E-state index contributed by atoms with van der Waals surface area (Å²) in [5.74, 6) is -1.29. The number of benzene rings is 1. The molecule has 1 fully saturated rings. The molecule has 0 aliphatic heterocycles. The zero-order valence-corrected chi connectivity index (χ0v) is 9.90. The largest absolute Gasteiger partial charge is 0.478 e. The van der Waals surface area contributed by atoms with Crippen LogP contribution in [0.5, 0.6) is 0 Å². The van der Waals surface area contributed by atoms with Gasteiger partial charge in [0.1, 0.15) is 5.82 Å². The summed E-state index contributed by atoms with van der Waals surface area (Å²) in [5, 5.41) is 9.35. The highest BCUT2D eigenvalue weighted by atomic mass is 19.1. The van der Waals surface area contributed by atoms with Gasteiger partial charge in [0.05, 0.1) is 16.5 Å². The highest BCUT2D eigenvalue weighted by molar-refractivity contribution is 6.03. The Morgan fingerprint density at radius 1 is 1.44 bits per heavy atom. The van der Waals surface area contributed by atoms with Gasteiger partial charge in [-0.25, -0.2) is 9.18 Å². The van der Waals surface area contributed by atoms with E-state index in [2.05, 4.69) is 4.98 Å².